The van der Waals surface area contributed by atoms with Crippen LogP contribution in [0.3, 0.4) is 0 Å². The smallest absolute Gasteiger partial charge is 0.358 e. The number of rotatable bonds is 4. The molecule has 2 aromatic heterocycles. The molecule has 0 fully saturated rings. The molecule has 0 radical (unpaired) electrons. The molecule has 0 spiro atoms. The molecule has 0 atom stereocenters. The highest BCUT2D eigenvalue weighted by molar-refractivity contribution is 9.10. The number of pyridine rings is 1. The minimum Gasteiger partial charge on any atom is -0.358 e. The Morgan fingerprint density at radius 1 is 1.47 bits per heavy atom. The van der Waals surface area contributed by atoms with Crippen molar-refractivity contribution < 1.29 is 4.92 Å². The Bertz CT molecular complexity index is 526. The summed E-state index contributed by atoms with van der Waals surface area (Å²) < 4.78 is 1.93. The van der Waals surface area contributed by atoms with E-state index in [0.717, 1.165) is 5.69 Å². The Labute approximate surface area is 106 Å². The number of nitrogens with zero attached hydrogens (tertiary/aromatic N) is 4. The molecule has 0 saturated carbocycles. The van der Waals surface area contributed by atoms with Crippen LogP contribution in [0.1, 0.15) is 5.69 Å². The van der Waals surface area contributed by atoms with Crippen LogP contribution in [0.4, 0.5) is 5.82 Å². The summed E-state index contributed by atoms with van der Waals surface area (Å²) in [7, 11) is 0. The summed E-state index contributed by atoms with van der Waals surface area (Å²) in [6, 6.07) is 5.66. The zero-order valence-corrected chi connectivity index (χ0v) is 10.4. The van der Waals surface area contributed by atoms with Gasteiger partial charge in [-0.2, -0.15) is 4.68 Å². The Balaban J connectivity index is 2.05. The third-order valence-corrected chi connectivity index (χ3v) is 2.75. The van der Waals surface area contributed by atoms with Crippen molar-refractivity contribution in [1.29, 1.82) is 0 Å². The van der Waals surface area contributed by atoms with Crippen LogP contribution in [-0.2, 0) is 13.0 Å². The summed E-state index contributed by atoms with van der Waals surface area (Å²) in [6.45, 7) is 0.559. The molecule has 0 bridgehead atoms. The first kappa shape index (κ1) is 11.7. The predicted molar refractivity (Wildman–Crippen MR) is 64.5 cm³/mol. The predicted octanol–water partition coefficient (Wildman–Crippen LogP) is 2.19. The highest BCUT2D eigenvalue weighted by Crippen LogP contribution is 2.21. The van der Waals surface area contributed by atoms with Gasteiger partial charge in [0.25, 0.3) is 0 Å². The molecule has 17 heavy (non-hydrogen) atoms. The molecule has 0 saturated heterocycles. The normalized spacial score (nSPS) is 10.4. The van der Waals surface area contributed by atoms with Crippen LogP contribution >= 0.6 is 15.9 Å². The van der Waals surface area contributed by atoms with Crippen LogP contribution in [-0.4, -0.2) is 19.7 Å². The topological polar surface area (TPSA) is 73.8 Å². The monoisotopic (exact) mass is 296 g/mol. The van der Waals surface area contributed by atoms with E-state index in [1.807, 2.05) is 18.2 Å². The van der Waals surface area contributed by atoms with E-state index < -0.39 is 4.92 Å². The second-order valence-electron chi connectivity index (χ2n) is 3.39. The quantitative estimate of drug-likeness (QED) is 0.640. The fourth-order valence-electron chi connectivity index (χ4n) is 1.40. The summed E-state index contributed by atoms with van der Waals surface area (Å²) in [5.41, 5.74) is 0.932. The zero-order chi connectivity index (χ0) is 12.3. The summed E-state index contributed by atoms with van der Waals surface area (Å²) in [6.07, 6.45) is 4.00. The lowest BCUT2D eigenvalue weighted by Gasteiger charge is -1.97. The molecule has 0 aliphatic carbocycles. The first-order chi connectivity index (χ1) is 8.16. The Morgan fingerprint density at radius 2 is 2.29 bits per heavy atom. The molecular formula is C10H9BrN4O2. The standard InChI is InChI=1S/C10H9BrN4O2/c11-9-7-14(13-10(9)15(16)17)6-4-8-3-1-2-5-12-8/h1-3,5,7H,4,6H2. The van der Waals surface area contributed by atoms with Gasteiger partial charge in [-0.3, -0.25) is 4.98 Å². The highest BCUT2D eigenvalue weighted by Gasteiger charge is 2.18. The van der Waals surface area contributed by atoms with Crippen LogP contribution < -0.4 is 0 Å². The van der Waals surface area contributed by atoms with Gasteiger partial charge in [0.05, 0.1) is 17.8 Å². The maximum atomic E-state index is 10.6. The van der Waals surface area contributed by atoms with E-state index >= 15 is 0 Å². The molecule has 0 aliphatic heterocycles. The molecule has 6 nitrogen and oxygen atoms in total. The second kappa shape index (κ2) is 5.05. The number of aryl methyl sites for hydroxylation is 2. The van der Waals surface area contributed by atoms with Gasteiger partial charge in [-0.15, -0.1) is 0 Å². The minimum absolute atomic E-state index is 0.161. The number of hydrogen-bond acceptors (Lipinski definition) is 4. The summed E-state index contributed by atoms with van der Waals surface area (Å²) in [5.74, 6) is -0.161. The van der Waals surface area contributed by atoms with Gasteiger partial charge in [0.2, 0.25) is 0 Å². The second-order valence-corrected chi connectivity index (χ2v) is 4.25. The minimum atomic E-state index is -0.513. The number of halogens is 1. The van der Waals surface area contributed by atoms with Crippen molar-refractivity contribution in [3.63, 3.8) is 0 Å². The van der Waals surface area contributed by atoms with Gasteiger partial charge >= 0.3 is 5.82 Å². The third kappa shape index (κ3) is 2.88. The van der Waals surface area contributed by atoms with Gasteiger partial charge in [-0.25, -0.2) is 0 Å². The van der Waals surface area contributed by atoms with Crippen LogP contribution in [0, 0.1) is 10.1 Å². The molecule has 0 aliphatic rings. The van der Waals surface area contributed by atoms with Gasteiger partial charge in [-0.1, -0.05) is 6.07 Å². The lowest BCUT2D eigenvalue weighted by molar-refractivity contribution is -0.390. The molecule has 7 heteroatoms. The summed E-state index contributed by atoms with van der Waals surface area (Å²) >= 11 is 3.10. The first-order valence-corrected chi connectivity index (χ1v) is 5.73. The molecule has 88 valence electrons. The number of aromatic nitrogens is 3. The Morgan fingerprint density at radius 3 is 2.88 bits per heavy atom. The van der Waals surface area contributed by atoms with Crippen molar-refractivity contribution >= 4 is 21.7 Å². The molecule has 0 unspecified atom stereocenters. The van der Waals surface area contributed by atoms with E-state index in [9.17, 15) is 10.1 Å². The fraction of sp³-hybridized carbons (Fsp3) is 0.200. The molecule has 0 aromatic carbocycles. The Hall–Kier alpha value is -1.76. The molecule has 2 rings (SSSR count). The maximum absolute atomic E-state index is 10.6. The molecular weight excluding hydrogens is 288 g/mol. The molecule has 2 aromatic rings. The molecule has 0 amide bonds. The van der Waals surface area contributed by atoms with E-state index in [1.165, 1.54) is 4.68 Å². The van der Waals surface area contributed by atoms with Crippen LogP contribution in [0.2, 0.25) is 0 Å². The average molecular weight is 297 g/mol. The fourth-order valence-corrected chi connectivity index (χ4v) is 1.86. The molecule has 0 N–H and O–H groups in total. The van der Waals surface area contributed by atoms with Gasteiger partial charge in [0.1, 0.15) is 4.47 Å². The van der Waals surface area contributed by atoms with Gasteiger partial charge < -0.3 is 10.1 Å². The van der Waals surface area contributed by atoms with E-state index in [2.05, 4.69) is 26.0 Å². The van der Waals surface area contributed by atoms with Crippen molar-refractivity contribution in [1.82, 2.24) is 14.8 Å². The van der Waals surface area contributed by atoms with Gasteiger partial charge in [0, 0.05) is 18.3 Å². The lowest BCUT2D eigenvalue weighted by atomic mass is 10.3. The number of hydrogen-bond donors (Lipinski definition) is 0. The van der Waals surface area contributed by atoms with Crippen LogP contribution in [0.15, 0.2) is 35.1 Å². The highest BCUT2D eigenvalue weighted by atomic mass is 79.9. The van der Waals surface area contributed by atoms with Crippen LogP contribution in [0.5, 0.6) is 0 Å². The maximum Gasteiger partial charge on any atom is 0.404 e. The first-order valence-electron chi connectivity index (χ1n) is 4.94. The third-order valence-electron chi connectivity index (χ3n) is 2.20. The summed E-state index contributed by atoms with van der Waals surface area (Å²) in [5, 5.41) is 14.5. The number of nitro groups is 1. The lowest BCUT2D eigenvalue weighted by Crippen LogP contribution is -2.03. The van der Waals surface area contributed by atoms with Gasteiger partial charge in [0.15, 0.2) is 0 Å². The summed E-state index contributed by atoms with van der Waals surface area (Å²) in [4.78, 5) is 14.3. The van der Waals surface area contributed by atoms with Crippen molar-refractivity contribution in [2.24, 2.45) is 0 Å². The zero-order valence-electron chi connectivity index (χ0n) is 8.78. The van der Waals surface area contributed by atoms with Crippen molar-refractivity contribution in [3.8, 4) is 0 Å². The molecule has 2 heterocycles. The van der Waals surface area contributed by atoms with E-state index in [-0.39, 0.29) is 5.82 Å². The largest absolute Gasteiger partial charge is 0.404 e. The SMILES string of the molecule is O=[N+]([O-])c1nn(CCc2ccccn2)cc1Br. The van der Waals surface area contributed by atoms with E-state index in [0.29, 0.717) is 17.4 Å². The van der Waals surface area contributed by atoms with Crippen molar-refractivity contribution in [2.75, 3.05) is 0 Å². The van der Waals surface area contributed by atoms with E-state index in [1.54, 1.807) is 12.4 Å². The van der Waals surface area contributed by atoms with Crippen LogP contribution in [0.25, 0.3) is 0 Å². The van der Waals surface area contributed by atoms with Crippen molar-refractivity contribution in [2.45, 2.75) is 13.0 Å². The van der Waals surface area contributed by atoms with Gasteiger partial charge in [-0.05, 0) is 33.0 Å². The van der Waals surface area contributed by atoms with Crippen molar-refractivity contribution in [3.05, 3.63) is 50.9 Å². The van der Waals surface area contributed by atoms with E-state index in [4.69, 9.17) is 0 Å². The Kier molecular flexibility index (Phi) is 3.48. The average Bonchev–Trinajstić information content (AvgIpc) is 2.69.